The van der Waals surface area contributed by atoms with E-state index in [1.54, 1.807) is 29.2 Å². The first-order chi connectivity index (χ1) is 15.1. The fraction of sp³-hybridized carbons (Fsp3) is 0.208. The molecule has 0 bridgehead atoms. The summed E-state index contributed by atoms with van der Waals surface area (Å²) >= 11 is 1.33. The summed E-state index contributed by atoms with van der Waals surface area (Å²) in [6.07, 6.45) is 1.82. The van der Waals surface area contributed by atoms with Gasteiger partial charge in [0, 0.05) is 30.8 Å². The molecule has 158 valence electrons. The van der Waals surface area contributed by atoms with Crippen LogP contribution in [0, 0.1) is 0 Å². The lowest BCUT2D eigenvalue weighted by Gasteiger charge is -2.19. The highest BCUT2D eigenvalue weighted by Crippen LogP contribution is 2.23. The minimum Gasteiger partial charge on any atom is -0.339 e. The fourth-order valence-electron chi connectivity index (χ4n) is 3.57. The molecule has 2 aromatic carbocycles. The molecule has 0 saturated carbocycles. The lowest BCUT2D eigenvalue weighted by molar-refractivity contribution is -0.118. The van der Waals surface area contributed by atoms with Crippen LogP contribution in [0.4, 0.5) is 11.4 Å². The van der Waals surface area contributed by atoms with E-state index < -0.39 is 6.04 Å². The number of rotatable bonds is 7. The van der Waals surface area contributed by atoms with Crippen molar-refractivity contribution in [3.8, 4) is 0 Å². The summed E-state index contributed by atoms with van der Waals surface area (Å²) in [7, 11) is 0. The first-order valence-electron chi connectivity index (χ1n) is 10.2. The highest BCUT2D eigenvalue weighted by molar-refractivity contribution is 7.12. The third kappa shape index (κ3) is 5.19. The van der Waals surface area contributed by atoms with Gasteiger partial charge < -0.3 is 15.5 Å². The molecule has 0 aliphatic carbocycles. The van der Waals surface area contributed by atoms with E-state index in [0.29, 0.717) is 23.4 Å². The molecule has 1 aliphatic rings. The van der Waals surface area contributed by atoms with Crippen LogP contribution >= 0.6 is 11.3 Å². The van der Waals surface area contributed by atoms with Crippen LogP contribution in [0.25, 0.3) is 0 Å². The SMILES string of the molecule is O=C(N[C@@H](Cc1ccccc1)C(=O)Nc1ccc(N2CCCC2=O)cc1)c1cccs1. The Hall–Kier alpha value is -3.45. The standard InChI is InChI=1S/C24H23N3O3S/c28-22-9-4-14-27(22)19-12-10-18(11-13-19)25-23(29)20(16-17-6-2-1-3-7-17)26-24(30)21-8-5-15-31-21/h1-3,5-8,10-13,15,20H,4,9,14,16H2,(H,25,29)(H,26,30)/t20-/m0/s1. The van der Waals surface area contributed by atoms with Crippen molar-refractivity contribution in [1.82, 2.24) is 5.32 Å². The monoisotopic (exact) mass is 433 g/mol. The molecule has 31 heavy (non-hydrogen) atoms. The van der Waals surface area contributed by atoms with E-state index in [-0.39, 0.29) is 17.7 Å². The Kier molecular flexibility index (Phi) is 6.43. The molecule has 1 atom stereocenters. The molecule has 0 unspecified atom stereocenters. The summed E-state index contributed by atoms with van der Waals surface area (Å²) in [6, 6.07) is 19.6. The van der Waals surface area contributed by atoms with Crippen LogP contribution in [0.5, 0.6) is 0 Å². The van der Waals surface area contributed by atoms with Gasteiger partial charge in [-0.2, -0.15) is 0 Å². The number of carbonyl (C=O) groups excluding carboxylic acids is 3. The van der Waals surface area contributed by atoms with E-state index in [9.17, 15) is 14.4 Å². The van der Waals surface area contributed by atoms with Crippen LogP contribution in [0.1, 0.15) is 28.1 Å². The van der Waals surface area contributed by atoms with Crippen LogP contribution in [-0.4, -0.2) is 30.3 Å². The molecule has 6 nitrogen and oxygen atoms in total. The zero-order chi connectivity index (χ0) is 21.6. The number of anilines is 2. The Morgan fingerprint density at radius 3 is 2.42 bits per heavy atom. The van der Waals surface area contributed by atoms with Gasteiger partial charge in [-0.05, 0) is 47.7 Å². The van der Waals surface area contributed by atoms with Crippen LogP contribution in [-0.2, 0) is 16.0 Å². The lowest BCUT2D eigenvalue weighted by Crippen LogP contribution is -2.45. The van der Waals surface area contributed by atoms with Crippen molar-refractivity contribution in [2.75, 3.05) is 16.8 Å². The first-order valence-corrected chi connectivity index (χ1v) is 11.1. The zero-order valence-electron chi connectivity index (χ0n) is 16.9. The van der Waals surface area contributed by atoms with Crippen LogP contribution in [0.2, 0.25) is 0 Å². The van der Waals surface area contributed by atoms with Gasteiger partial charge in [0.05, 0.1) is 4.88 Å². The van der Waals surface area contributed by atoms with Gasteiger partial charge >= 0.3 is 0 Å². The van der Waals surface area contributed by atoms with Crippen molar-refractivity contribution in [1.29, 1.82) is 0 Å². The number of hydrogen-bond donors (Lipinski definition) is 2. The molecule has 4 rings (SSSR count). The van der Waals surface area contributed by atoms with Gasteiger partial charge in [-0.3, -0.25) is 14.4 Å². The minimum atomic E-state index is -0.725. The molecular formula is C24H23N3O3S. The maximum Gasteiger partial charge on any atom is 0.262 e. The molecule has 0 radical (unpaired) electrons. The zero-order valence-corrected chi connectivity index (χ0v) is 17.7. The average molecular weight is 434 g/mol. The Bertz CT molecular complexity index is 1050. The predicted octanol–water partition coefficient (Wildman–Crippen LogP) is 3.85. The fourth-order valence-corrected chi connectivity index (χ4v) is 4.20. The molecule has 2 N–H and O–H groups in total. The molecular weight excluding hydrogens is 410 g/mol. The second-order valence-electron chi connectivity index (χ2n) is 7.38. The van der Waals surface area contributed by atoms with E-state index >= 15 is 0 Å². The second-order valence-corrected chi connectivity index (χ2v) is 8.33. The Morgan fingerprint density at radius 2 is 1.77 bits per heavy atom. The van der Waals surface area contributed by atoms with Gasteiger partial charge in [0.1, 0.15) is 6.04 Å². The van der Waals surface area contributed by atoms with E-state index in [2.05, 4.69) is 10.6 Å². The molecule has 2 heterocycles. The lowest BCUT2D eigenvalue weighted by atomic mass is 10.0. The predicted molar refractivity (Wildman–Crippen MR) is 122 cm³/mol. The minimum absolute atomic E-state index is 0.121. The summed E-state index contributed by atoms with van der Waals surface area (Å²) in [6.45, 7) is 0.721. The quantitative estimate of drug-likeness (QED) is 0.594. The summed E-state index contributed by atoms with van der Waals surface area (Å²) < 4.78 is 0. The number of nitrogens with zero attached hydrogens (tertiary/aromatic N) is 1. The van der Waals surface area contributed by atoms with Crippen molar-refractivity contribution < 1.29 is 14.4 Å². The number of carbonyl (C=O) groups is 3. The average Bonchev–Trinajstić information content (AvgIpc) is 3.47. The summed E-state index contributed by atoms with van der Waals surface area (Å²) in [5.74, 6) is -0.441. The first kappa shape index (κ1) is 20.8. The van der Waals surface area contributed by atoms with Crippen LogP contribution in [0.15, 0.2) is 72.1 Å². The van der Waals surface area contributed by atoms with E-state index in [0.717, 1.165) is 24.2 Å². The molecule has 1 aromatic heterocycles. The van der Waals surface area contributed by atoms with Crippen molar-refractivity contribution in [2.45, 2.75) is 25.3 Å². The Balaban J connectivity index is 1.46. The summed E-state index contributed by atoms with van der Waals surface area (Å²) in [4.78, 5) is 39.8. The highest BCUT2D eigenvalue weighted by Gasteiger charge is 2.24. The maximum absolute atomic E-state index is 13.0. The van der Waals surface area contributed by atoms with E-state index in [1.165, 1.54) is 11.3 Å². The molecule has 7 heteroatoms. The number of benzene rings is 2. The Labute approximate surface area is 184 Å². The number of thiophene rings is 1. The summed E-state index contributed by atoms with van der Waals surface area (Å²) in [5, 5.41) is 7.57. The van der Waals surface area contributed by atoms with Gasteiger partial charge in [0.15, 0.2) is 0 Å². The number of nitrogens with one attached hydrogen (secondary N) is 2. The third-order valence-corrected chi connectivity index (χ3v) is 6.04. The van der Waals surface area contributed by atoms with Crippen molar-refractivity contribution >= 4 is 40.4 Å². The smallest absolute Gasteiger partial charge is 0.262 e. The molecule has 3 amide bonds. The number of hydrogen-bond acceptors (Lipinski definition) is 4. The highest BCUT2D eigenvalue weighted by atomic mass is 32.1. The van der Waals surface area contributed by atoms with E-state index in [1.807, 2.05) is 47.8 Å². The van der Waals surface area contributed by atoms with Crippen molar-refractivity contribution in [3.05, 3.63) is 82.6 Å². The van der Waals surface area contributed by atoms with Crippen molar-refractivity contribution in [2.24, 2.45) is 0 Å². The van der Waals surface area contributed by atoms with Crippen LogP contribution in [0.3, 0.4) is 0 Å². The molecule has 1 fully saturated rings. The third-order valence-electron chi connectivity index (χ3n) is 5.17. The molecule has 0 spiro atoms. The normalized spacial score (nSPS) is 14.3. The second kappa shape index (κ2) is 9.57. The van der Waals surface area contributed by atoms with Gasteiger partial charge in [0.2, 0.25) is 11.8 Å². The Morgan fingerprint density at radius 1 is 1.00 bits per heavy atom. The topological polar surface area (TPSA) is 78.5 Å². The number of amides is 3. The van der Waals surface area contributed by atoms with Gasteiger partial charge in [-0.15, -0.1) is 11.3 Å². The van der Waals surface area contributed by atoms with Crippen LogP contribution < -0.4 is 15.5 Å². The largest absolute Gasteiger partial charge is 0.339 e. The molecule has 1 saturated heterocycles. The van der Waals surface area contributed by atoms with Gasteiger partial charge in [-0.25, -0.2) is 0 Å². The molecule has 1 aliphatic heterocycles. The molecule has 3 aromatic rings. The van der Waals surface area contributed by atoms with Gasteiger partial charge in [0.25, 0.3) is 5.91 Å². The van der Waals surface area contributed by atoms with Gasteiger partial charge in [-0.1, -0.05) is 36.4 Å². The van der Waals surface area contributed by atoms with Crippen molar-refractivity contribution in [3.63, 3.8) is 0 Å². The van der Waals surface area contributed by atoms with E-state index in [4.69, 9.17) is 0 Å². The summed E-state index contributed by atoms with van der Waals surface area (Å²) in [5.41, 5.74) is 2.40. The maximum atomic E-state index is 13.0.